The zero-order valence-electron chi connectivity index (χ0n) is 27.1. The Morgan fingerprint density at radius 1 is 0.609 bits per heavy atom. The van der Waals surface area contributed by atoms with E-state index in [4.69, 9.17) is 18.9 Å². The summed E-state index contributed by atoms with van der Waals surface area (Å²) >= 11 is 0. The third kappa shape index (κ3) is 7.78. The van der Waals surface area contributed by atoms with Gasteiger partial charge >= 0.3 is 12.3 Å². The summed E-state index contributed by atoms with van der Waals surface area (Å²) in [5.41, 5.74) is 7.41. The van der Waals surface area contributed by atoms with E-state index in [9.17, 15) is 9.59 Å². The SMILES string of the molecule is CC(C)OC(=O)Oc1ccc(C#Cc2ccc3c(c2)C(C)(C)c2cc(C#Cc4ccc(OC(=O)OC(C)(C)C)cc4)ccc2-3)cc1. The minimum absolute atomic E-state index is 0.232. The van der Waals surface area contributed by atoms with Crippen LogP contribution in [0.5, 0.6) is 11.5 Å². The van der Waals surface area contributed by atoms with Crippen LogP contribution in [-0.2, 0) is 14.9 Å². The van der Waals surface area contributed by atoms with Gasteiger partial charge in [-0.1, -0.05) is 49.7 Å². The lowest BCUT2D eigenvalue weighted by molar-refractivity contribution is 0.0206. The molecule has 0 heterocycles. The molecule has 4 aromatic carbocycles. The second kappa shape index (κ2) is 12.9. The zero-order chi connectivity index (χ0) is 33.1. The maximum absolute atomic E-state index is 11.9. The van der Waals surface area contributed by atoms with Crippen LogP contribution in [0.3, 0.4) is 0 Å². The van der Waals surface area contributed by atoms with E-state index in [0.717, 1.165) is 22.3 Å². The van der Waals surface area contributed by atoms with Gasteiger partial charge in [0, 0.05) is 27.7 Å². The van der Waals surface area contributed by atoms with Crippen molar-refractivity contribution in [1.29, 1.82) is 0 Å². The predicted molar refractivity (Wildman–Crippen MR) is 178 cm³/mol. The molecule has 46 heavy (non-hydrogen) atoms. The first kappa shape index (κ1) is 31.9. The Labute approximate surface area is 270 Å². The van der Waals surface area contributed by atoms with Crippen LogP contribution in [0.1, 0.15) is 81.8 Å². The Hall–Kier alpha value is -5.46. The van der Waals surface area contributed by atoms with Gasteiger partial charge in [0.25, 0.3) is 0 Å². The van der Waals surface area contributed by atoms with Crippen molar-refractivity contribution in [1.82, 2.24) is 0 Å². The monoisotopic (exact) mass is 612 g/mol. The molecule has 4 aromatic rings. The Balaban J connectivity index is 1.28. The molecule has 0 fully saturated rings. The molecule has 6 heteroatoms. The van der Waals surface area contributed by atoms with Gasteiger partial charge in [-0.3, -0.25) is 0 Å². The highest BCUT2D eigenvalue weighted by atomic mass is 16.7. The molecular weight excluding hydrogens is 576 g/mol. The molecule has 0 unspecified atom stereocenters. The average molecular weight is 613 g/mol. The first-order valence-electron chi connectivity index (χ1n) is 15.1. The summed E-state index contributed by atoms with van der Waals surface area (Å²) in [7, 11) is 0. The third-order valence-electron chi connectivity index (χ3n) is 7.21. The predicted octanol–water partition coefficient (Wildman–Crippen LogP) is 9.03. The normalized spacial score (nSPS) is 12.4. The molecule has 0 amide bonds. The summed E-state index contributed by atoms with van der Waals surface area (Å²) < 4.78 is 20.6. The number of fused-ring (bicyclic) bond motifs is 3. The van der Waals surface area contributed by atoms with E-state index >= 15 is 0 Å². The lowest BCUT2D eigenvalue weighted by Gasteiger charge is -2.21. The standard InChI is InChI=1S/C40H36O6/c1-26(2)43-37(41)44-31-18-12-27(13-19-31)8-10-29-16-22-33-34-23-17-30(25-36(34)40(6,7)35(33)24-29)11-9-28-14-20-32(21-15-28)45-38(42)46-39(3,4)5/h12-26H,1-7H3. The van der Waals surface area contributed by atoms with Gasteiger partial charge in [0.1, 0.15) is 17.1 Å². The van der Waals surface area contributed by atoms with Crippen LogP contribution in [0, 0.1) is 23.7 Å². The fraction of sp³-hybridized carbons (Fsp3) is 0.250. The van der Waals surface area contributed by atoms with Crippen LogP contribution in [0.15, 0.2) is 84.9 Å². The van der Waals surface area contributed by atoms with Crippen LogP contribution in [-0.4, -0.2) is 24.0 Å². The van der Waals surface area contributed by atoms with Gasteiger partial charge in [-0.05, 0) is 130 Å². The highest BCUT2D eigenvalue weighted by molar-refractivity contribution is 5.82. The van der Waals surface area contributed by atoms with Gasteiger partial charge in [0.2, 0.25) is 0 Å². The minimum Gasteiger partial charge on any atom is -0.431 e. The van der Waals surface area contributed by atoms with Crippen molar-refractivity contribution in [2.75, 3.05) is 0 Å². The second-order valence-electron chi connectivity index (χ2n) is 12.8. The van der Waals surface area contributed by atoms with Gasteiger partial charge in [-0.2, -0.15) is 0 Å². The Morgan fingerprint density at radius 2 is 1.00 bits per heavy atom. The first-order valence-corrected chi connectivity index (χ1v) is 15.1. The van der Waals surface area contributed by atoms with Gasteiger partial charge in [-0.25, -0.2) is 9.59 Å². The van der Waals surface area contributed by atoms with E-state index in [1.54, 1.807) is 58.9 Å². The minimum atomic E-state index is -0.740. The van der Waals surface area contributed by atoms with Crippen molar-refractivity contribution in [3.63, 3.8) is 0 Å². The van der Waals surface area contributed by atoms with Gasteiger partial charge in [-0.15, -0.1) is 0 Å². The topological polar surface area (TPSA) is 71.1 Å². The van der Waals surface area contributed by atoms with Crippen molar-refractivity contribution in [3.8, 4) is 46.3 Å². The molecule has 5 rings (SSSR count). The fourth-order valence-corrected chi connectivity index (χ4v) is 5.07. The molecule has 0 radical (unpaired) electrons. The molecule has 0 saturated carbocycles. The summed E-state index contributed by atoms with van der Waals surface area (Å²) in [6, 6.07) is 26.7. The van der Waals surface area contributed by atoms with E-state index in [1.807, 2.05) is 36.4 Å². The van der Waals surface area contributed by atoms with Crippen LogP contribution in [0.4, 0.5) is 9.59 Å². The van der Waals surface area contributed by atoms with Crippen molar-refractivity contribution >= 4 is 12.3 Å². The van der Waals surface area contributed by atoms with Crippen molar-refractivity contribution in [2.45, 2.75) is 65.6 Å². The lowest BCUT2D eigenvalue weighted by atomic mass is 9.81. The van der Waals surface area contributed by atoms with E-state index in [-0.39, 0.29) is 11.5 Å². The van der Waals surface area contributed by atoms with Crippen LogP contribution in [0.2, 0.25) is 0 Å². The Bertz CT molecular complexity index is 1900. The molecule has 0 spiro atoms. The largest absolute Gasteiger partial charge is 0.514 e. The number of carbonyl (C=O) groups excluding carboxylic acids is 2. The Morgan fingerprint density at radius 3 is 1.41 bits per heavy atom. The van der Waals surface area contributed by atoms with Crippen molar-refractivity contribution in [2.24, 2.45) is 0 Å². The first-order chi connectivity index (χ1) is 21.8. The van der Waals surface area contributed by atoms with E-state index in [2.05, 4.69) is 61.8 Å². The number of carbonyl (C=O) groups is 2. The molecule has 232 valence electrons. The van der Waals surface area contributed by atoms with Crippen LogP contribution < -0.4 is 9.47 Å². The van der Waals surface area contributed by atoms with Gasteiger partial charge < -0.3 is 18.9 Å². The second-order valence-corrected chi connectivity index (χ2v) is 12.8. The molecular formula is C40H36O6. The van der Waals surface area contributed by atoms with Crippen molar-refractivity contribution < 1.29 is 28.5 Å². The summed E-state index contributed by atoms with van der Waals surface area (Å²) in [5, 5.41) is 0. The lowest BCUT2D eigenvalue weighted by Crippen LogP contribution is -2.25. The molecule has 1 aliphatic rings. The summed E-state index contributed by atoms with van der Waals surface area (Å²) in [4.78, 5) is 23.7. The van der Waals surface area contributed by atoms with Crippen LogP contribution >= 0.6 is 0 Å². The molecule has 6 nitrogen and oxygen atoms in total. The van der Waals surface area contributed by atoms with Gasteiger partial charge in [0.05, 0.1) is 6.10 Å². The molecule has 0 aliphatic heterocycles. The third-order valence-corrected chi connectivity index (χ3v) is 7.21. The Kier molecular flexibility index (Phi) is 8.94. The number of benzene rings is 4. The maximum Gasteiger partial charge on any atom is 0.514 e. The van der Waals surface area contributed by atoms with Gasteiger partial charge in [0.15, 0.2) is 0 Å². The summed E-state index contributed by atoms with van der Waals surface area (Å²) in [6.45, 7) is 13.3. The number of ether oxygens (including phenoxy) is 4. The van der Waals surface area contributed by atoms with Crippen LogP contribution in [0.25, 0.3) is 11.1 Å². The quantitative estimate of drug-likeness (QED) is 0.131. The van der Waals surface area contributed by atoms with E-state index < -0.39 is 17.9 Å². The molecule has 0 N–H and O–H groups in total. The van der Waals surface area contributed by atoms with E-state index in [1.165, 1.54) is 22.3 Å². The number of rotatable bonds is 3. The molecule has 0 bridgehead atoms. The highest BCUT2D eigenvalue weighted by Gasteiger charge is 2.35. The summed E-state index contributed by atoms with van der Waals surface area (Å²) in [5.74, 6) is 13.8. The number of hydrogen-bond acceptors (Lipinski definition) is 6. The maximum atomic E-state index is 11.9. The molecule has 0 saturated heterocycles. The zero-order valence-corrected chi connectivity index (χ0v) is 27.1. The average Bonchev–Trinajstić information content (AvgIpc) is 3.20. The fourth-order valence-electron chi connectivity index (χ4n) is 5.07. The number of hydrogen-bond donors (Lipinski definition) is 0. The van der Waals surface area contributed by atoms with E-state index in [0.29, 0.717) is 11.5 Å². The molecule has 0 aromatic heterocycles. The molecule has 0 atom stereocenters. The molecule has 1 aliphatic carbocycles. The highest BCUT2D eigenvalue weighted by Crippen LogP contribution is 2.49. The van der Waals surface area contributed by atoms with Crippen molar-refractivity contribution in [3.05, 3.63) is 118 Å². The summed E-state index contributed by atoms with van der Waals surface area (Å²) in [6.07, 6.45) is -1.71. The smallest absolute Gasteiger partial charge is 0.431 e.